The van der Waals surface area contributed by atoms with Gasteiger partial charge in [-0.1, -0.05) is 24.3 Å². The summed E-state index contributed by atoms with van der Waals surface area (Å²) >= 11 is 0. The number of fused-ring (bicyclic) bond motifs is 1. The average Bonchev–Trinajstić information content (AvgIpc) is 2.61. The molecule has 96 valence electrons. The fraction of sp³-hybridized carbons (Fsp3) is 0.200. The molecule has 0 saturated heterocycles. The summed E-state index contributed by atoms with van der Waals surface area (Å²) in [6, 6.07) is 13.8. The summed E-state index contributed by atoms with van der Waals surface area (Å²) < 4.78 is 0. The molecule has 0 radical (unpaired) electrons. The van der Waals surface area contributed by atoms with E-state index in [1.54, 1.807) is 6.20 Å². The number of nitrogens with zero attached hydrogens (tertiary/aromatic N) is 2. The summed E-state index contributed by atoms with van der Waals surface area (Å²) in [5.41, 5.74) is 3.10. The van der Waals surface area contributed by atoms with Crippen LogP contribution in [-0.2, 0) is 17.9 Å². The lowest BCUT2D eigenvalue weighted by Crippen LogP contribution is -2.32. The van der Waals surface area contributed by atoms with E-state index in [-0.39, 0.29) is 5.91 Å². The Hall–Kier alpha value is -2.36. The molecule has 1 aromatic carbocycles. The van der Waals surface area contributed by atoms with Gasteiger partial charge in [-0.15, -0.1) is 0 Å². The third kappa shape index (κ3) is 2.57. The molecule has 1 amide bonds. The topological polar surface area (TPSA) is 45.2 Å². The van der Waals surface area contributed by atoms with Crippen molar-refractivity contribution in [1.82, 2.24) is 9.88 Å². The van der Waals surface area contributed by atoms with Gasteiger partial charge in [-0.05, 0) is 23.8 Å². The molecule has 0 bridgehead atoms. The Morgan fingerprint density at radius 2 is 2.00 bits per heavy atom. The Morgan fingerprint density at radius 3 is 2.84 bits per heavy atom. The summed E-state index contributed by atoms with van der Waals surface area (Å²) in [7, 11) is 0. The summed E-state index contributed by atoms with van der Waals surface area (Å²) in [5.74, 6) is 0.0989. The molecule has 0 fully saturated rings. The molecule has 3 rings (SSSR count). The van der Waals surface area contributed by atoms with Gasteiger partial charge in [0.1, 0.15) is 0 Å². The van der Waals surface area contributed by atoms with E-state index in [1.165, 1.54) is 0 Å². The summed E-state index contributed by atoms with van der Waals surface area (Å²) in [6.45, 7) is 1.51. The van der Waals surface area contributed by atoms with Crippen molar-refractivity contribution in [2.75, 3.05) is 11.9 Å². The van der Waals surface area contributed by atoms with Gasteiger partial charge in [0.05, 0.1) is 18.8 Å². The number of aromatic nitrogens is 1. The minimum atomic E-state index is 0.0989. The first-order valence-corrected chi connectivity index (χ1v) is 6.32. The Kier molecular flexibility index (Phi) is 3.14. The third-order valence-electron chi connectivity index (χ3n) is 3.24. The number of pyridine rings is 1. The standard InChI is InChI=1S/C15H15N3O/c19-15-9-17-14-7-2-1-5-12(14)10-18(15)11-13-6-3-4-8-16-13/h1-8,17H,9-11H2. The van der Waals surface area contributed by atoms with Crippen LogP contribution in [0.1, 0.15) is 11.3 Å². The molecule has 4 heteroatoms. The SMILES string of the molecule is O=C1CNc2ccccc2CN1Cc1ccccn1. The number of benzene rings is 1. The van der Waals surface area contributed by atoms with Gasteiger partial charge in [0.2, 0.25) is 5.91 Å². The smallest absolute Gasteiger partial charge is 0.242 e. The maximum absolute atomic E-state index is 12.1. The van der Waals surface area contributed by atoms with Crippen molar-refractivity contribution >= 4 is 11.6 Å². The number of carbonyl (C=O) groups excluding carboxylic acids is 1. The first kappa shape index (κ1) is 11.7. The largest absolute Gasteiger partial charge is 0.376 e. The first-order valence-electron chi connectivity index (χ1n) is 6.32. The second kappa shape index (κ2) is 5.10. The van der Waals surface area contributed by atoms with E-state index in [9.17, 15) is 4.79 Å². The number of amides is 1. The highest BCUT2D eigenvalue weighted by molar-refractivity contribution is 5.82. The summed E-state index contributed by atoms with van der Waals surface area (Å²) in [6.07, 6.45) is 1.75. The van der Waals surface area contributed by atoms with E-state index >= 15 is 0 Å². The average molecular weight is 253 g/mol. The Bertz CT molecular complexity index is 583. The van der Waals surface area contributed by atoms with Crippen LogP contribution in [0.5, 0.6) is 0 Å². The molecule has 0 unspecified atom stereocenters. The van der Waals surface area contributed by atoms with E-state index in [0.29, 0.717) is 19.6 Å². The lowest BCUT2D eigenvalue weighted by atomic mass is 10.1. The van der Waals surface area contributed by atoms with Crippen LogP contribution in [0.15, 0.2) is 48.7 Å². The fourth-order valence-electron chi connectivity index (χ4n) is 2.24. The second-order valence-electron chi connectivity index (χ2n) is 4.58. The molecule has 0 saturated carbocycles. The van der Waals surface area contributed by atoms with Crippen LogP contribution in [0.25, 0.3) is 0 Å². The molecule has 19 heavy (non-hydrogen) atoms. The first-order chi connectivity index (χ1) is 9.33. The normalized spacial score (nSPS) is 14.5. The lowest BCUT2D eigenvalue weighted by Gasteiger charge is -2.20. The molecular formula is C15H15N3O. The number of hydrogen-bond acceptors (Lipinski definition) is 3. The van der Waals surface area contributed by atoms with Crippen molar-refractivity contribution in [1.29, 1.82) is 0 Å². The molecule has 1 aliphatic rings. The van der Waals surface area contributed by atoms with Gasteiger partial charge in [-0.25, -0.2) is 0 Å². The quantitative estimate of drug-likeness (QED) is 0.890. The van der Waals surface area contributed by atoms with Gasteiger partial charge in [0.25, 0.3) is 0 Å². The molecule has 2 heterocycles. The van der Waals surface area contributed by atoms with Gasteiger partial charge in [0, 0.05) is 18.4 Å². The number of carbonyl (C=O) groups is 1. The van der Waals surface area contributed by atoms with Gasteiger partial charge in [-0.3, -0.25) is 9.78 Å². The van der Waals surface area contributed by atoms with E-state index < -0.39 is 0 Å². The highest BCUT2D eigenvalue weighted by Gasteiger charge is 2.20. The molecule has 1 aliphatic heterocycles. The fourth-order valence-corrected chi connectivity index (χ4v) is 2.24. The number of nitrogens with one attached hydrogen (secondary N) is 1. The van der Waals surface area contributed by atoms with E-state index in [0.717, 1.165) is 16.9 Å². The molecule has 1 N–H and O–H groups in total. The molecule has 2 aromatic rings. The van der Waals surface area contributed by atoms with E-state index in [1.807, 2.05) is 47.4 Å². The predicted molar refractivity (Wildman–Crippen MR) is 73.4 cm³/mol. The van der Waals surface area contributed by atoms with Crippen LogP contribution in [0.4, 0.5) is 5.69 Å². The predicted octanol–water partition coefficient (Wildman–Crippen LogP) is 2.04. The highest BCUT2D eigenvalue weighted by Crippen LogP contribution is 2.21. The monoisotopic (exact) mass is 253 g/mol. The lowest BCUT2D eigenvalue weighted by molar-refractivity contribution is -0.130. The Labute approximate surface area is 112 Å². The van der Waals surface area contributed by atoms with Crippen LogP contribution < -0.4 is 5.32 Å². The van der Waals surface area contributed by atoms with E-state index in [2.05, 4.69) is 10.3 Å². The van der Waals surface area contributed by atoms with Crippen molar-refractivity contribution < 1.29 is 4.79 Å². The highest BCUT2D eigenvalue weighted by atomic mass is 16.2. The van der Waals surface area contributed by atoms with Crippen molar-refractivity contribution in [3.05, 3.63) is 59.9 Å². The van der Waals surface area contributed by atoms with Crippen LogP contribution in [0.2, 0.25) is 0 Å². The van der Waals surface area contributed by atoms with Crippen LogP contribution >= 0.6 is 0 Å². The van der Waals surface area contributed by atoms with Crippen LogP contribution in [0, 0.1) is 0 Å². The Morgan fingerprint density at radius 1 is 1.16 bits per heavy atom. The molecular weight excluding hydrogens is 238 g/mol. The molecule has 0 atom stereocenters. The Balaban J connectivity index is 1.83. The molecule has 0 spiro atoms. The number of hydrogen-bond donors (Lipinski definition) is 1. The maximum atomic E-state index is 12.1. The molecule has 0 aliphatic carbocycles. The number of para-hydroxylation sites is 1. The van der Waals surface area contributed by atoms with Crippen molar-refractivity contribution in [2.45, 2.75) is 13.1 Å². The number of rotatable bonds is 2. The van der Waals surface area contributed by atoms with Gasteiger partial charge in [0.15, 0.2) is 0 Å². The van der Waals surface area contributed by atoms with Gasteiger partial charge in [-0.2, -0.15) is 0 Å². The summed E-state index contributed by atoms with van der Waals surface area (Å²) in [4.78, 5) is 18.2. The van der Waals surface area contributed by atoms with Crippen molar-refractivity contribution in [2.24, 2.45) is 0 Å². The maximum Gasteiger partial charge on any atom is 0.242 e. The zero-order valence-electron chi connectivity index (χ0n) is 10.5. The van der Waals surface area contributed by atoms with Crippen LogP contribution in [0.3, 0.4) is 0 Å². The molecule has 1 aromatic heterocycles. The summed E-state index contributed by atoms with van der Waals surface area (Å²) in [5, 5.41) is 3.18. The van der Waals surface area contributed by atoms with Crippen molar-refractivity contribution in [3.8, 4) is 0 Å². The zero-order valence-corrected chi connectivity index (χ0v) is 10.5. The van der Waals surface area contributed by atoms with Gasteiger partial charge >= 0.3 is 0 Å². The second-order valence-corrected chi connectivity index (χ2v) is 4.58. The van der Waals surface area contributed by atoms with Crippen molar-refractivity contribution in [3.63, 3.8) is 0 Å². The minimum Gasteiger partial charge on any atom is -0.376 e. The molecule has 4 nitrogen and oxygen atoms in total. The zero-order chi connectivity index (χ0) is 13.1. The minimum absolute atomic E-state index is 0.0989. The van der Waals surface area contributed by atoms with Gasteiger partial charge < -0.3 is 10.2 Å². The van der Waals surface area contributed by atoms with Crippen LogP contribution in [-0.4, -0.2) is 22.3 Å². The van der Waals surface area contributed by atoms with E-state index in [4.69, 9.17) is 0 Å². The third-order valence-corrected chi connectivity index (χ3v) is 3.24. The number of anilines is 1.